The van der Waals surface area contributed by atoms with Gasteiger partial charge in [-0.05, 0) is 6.07 Å². The van der Waals surface area contributed by atoms with E-state index in [1.165, 1.54) is 0 Å². The van der Waals surface area contributed by atoms with Crippen molar-refractivity contribution >= 4 is 5.95 Å². The Hall–Kier alpha value is -2.25. The summed E-state index contributed by atoms with van der Waals surface area (Å²) in [5, 5.41) is 3.36. The number of anilines is 1. The van der Waals surface area contributed by atoms with Crippen molar-refractivity contribution in [3.05, 3.63) is 41.9 Å². The van der Waals surface area contributed by atoms with Gasteiger partial charge in [0.15, 0.2) is 0 Å². The number of hydrogen-bond donors (Lipinski definition) is 1. The van der Waals surface area contributed by atoms with Gasteiger partial charge in [0.1, 0.15) is 0 Å². The summed E-state index contributed by atoms with van der Waals surface area (Å²) in [6.45, 7) is 4.54. The molecule has 0 bridgehead atoms. The fourth-order valence-corrected chi connectivity index (χ4v) is 2.45. The van der Waals surface area contributed by atoms with Gasteiger partial charge in [-0.15, -0.1) is 0 Å². The van der Waals surface area contributed by atoms with Crippen molar-refractivity contribution in [2.75, 3.05) is 38.3 Å². The van der Waals surface area contributed by atoms with Gasteiger partial charge in [-0.2, -0.15) is 0 Å². The minimum absolute atomic E-state index is 0.652. The second-order valence-electron chi connectivity index (χ2n) is 5.27. The van der Waals surface area contributed by atoms with Crippen molar-refractivity contribution < 1.29 is 9.47 Å². The highest BCUT2D eigenvalue weighted by Crippen LogP contribution is 2.13. The minimum atomic E-state index is 0.652. The summed E-state index contributed by atoms with van der Waals surface area (Å²) in [6, 6.07) is 3.90. The van der Waals surface area contributed by atoms with Gasteiger partial charge < -0.3 is 19.7 Å². The predicted octanol–water partition coefficient (Wildman–Crippen LogP) is 1.01. The van der Waals surface area contributed by atoms with E-state index in [4.69, 9.17) is 9.47 Å². The van der Waals surface area contributed by atoms with Crippen molar-refractivity contribution in [2.24, 2.45) is 0 Å². The van der Waals surface area contributed by atoms with E-state index in [2.05, 4.69) is 25.2 Å². The third kappa shape index (κ3) is 4.14. The van der Waals surface area contributed by atoms with Crippen molar-refractivity contribution in [2.45, 2.75) is 13.1 Å². The zero-order chi connectivity index (χ0) is 15.9. The lowest BCUT2D eigenvalue weighted by Crippen LogP contribution is -2.37. The Morgan fingerprint density at radius 3 is 2.70 bits per heavy atom. The first-order chi connectivity index (χ1) is 11.4. The summed E-state index contributed by atoms with van der Waals surface area (Å²) < 4.78 is 10.6. The summed E-state index contributed by atoms with van der Waals surface area (Å²) >= 11 is 0. The average molecular weight is 315 g/mol. The Morgan fingerprint density at radius 2 is 1.96 bits per heavy atom. The summed E-state index contributed by atoms with van der Waals surface area (Å²) in [5.74, 6) is 1.42. The summed E-state index contributed by atoms with van der Waals surface area (Å²) in [4.78, 5) is 15.2. The maximum absolute atomic E-state index is 5.34. The van der Waals surface area contributed by atoms with Crippen LogP contribution in [0.1, 0.15) is 11.1 Å². The maximum Gasteiger partial charge on any atom is 0.225 e. The van der Waals surface area contributed by atoms with Gasteiger partial charge in [-0.25, -0.2) is 15.0 Å². The van der Waals surface area contributed by atoms with E-state index in [-0.39, 0.29) is 0 Å². The Kier molecular flexibility index (Phi) is 5.33. The molecule has 2 aromatic rings. The Balaban J connectivity index is 1.52. The highest BCUT2D eigenvalue weighted by molar-refractivity contribution is 5.30. The lowest BCUT2D eigenvalue weighted by molar-refractivity contribution is 0.122. The van der Waals surface area contributed by atoms with Crippen LogP contribution in [0, 0.1) is 0 Å². The van der Waals surface area contributed by atoms with Gasteiger partial charge in [0.25, 0.3) is 0 Å². The Labute approximate surface area is 135 Å². The molecular formula is C16H21N5O2. The Morgan fingerprint density at radius 1 is 1.17 bits per heavy atom. The molecule has 0 amide bonds. The lowest BCUT2D eigenvalue weighted by atomic mass is 10.2. The van der Waals surface area contributed by atoms with E-state index < -0.39 is 0 Å². The molecule has 3 heterocycles. The molecule has 0 aliphatic carbocycles. The van der Waals surface area contributed by atoms with Crippen molar-refractivity contribution in [1.29, 1.82) is 0 Å². The van der Waals surface area contributed by atoms with Gasteiger partial charge in [0.05, 0.1) is 20.3 Å². The molecule has 2 aromatic heterocycles. The topological polar surface area (TPSA) is 72.4 Å². The average Bonchev–Trinajstić information content (AvgIpc) is 2.63. The summed E-state index contributed by atoms with van der Waals surface area (Å²) in [5.41, 5.74) is 2.07. The number of rotatable bonds is 6. The largest absolute Gasteiger partial charge is 0.481 e. The molecule has 0 unspecified atom stereocenters. The van der Waals surface area contributed by atoms with E-state index in [1.807, 2.05) is 24.5 Å². The first-order valence-electron chi connectivity index (χ1n) is 7.69. The van der Waals surface area contributed by atoms with E-state index in [1.54, 1.807) is 13.3 Å². The van der Waals surface area contributed by atoms with E-state index in [9.17, 15) is 0 Å². The monoisotopic (exact) mass is 315 g/mol. The first kappa shape index (κ1) is 15.6. The molecule has 122 valence electrons. The summed E-state index contributed by atoms with van der Waals surface area (Å²) in [7, 11) is 1.63. The first-order valence-corrected chi connectivity index (χ1v) is 7.69. The molecule has 1 aliphatic rings. The molecular weight excluding hydrogens is 294 g/mol. The molecule has 1 fully saturated rings. The zero-order valence-corrected chi connectivity index (χ0v) is 13.2. The minimum Gasteiger partial charge on any atom is -0.481 e. The SMILES string of the molecule is COc1ncccc1CNCc1cnc(N2CCOCC2)nc1. The molecule has 1 N–H and O–H groups in total. The smallest absolute Gasteiger partial charge is 0.225 e. The number of pyridine rings is 1. The van der Waals surface area contributed by atoms with Crippen LogP contribution in [0.25, 0.3) is 0 Å². The van der Waals surface area contributed by atoms with Crippen LogP contribution < -0.4 is 15.0 Å². The molecule has 7 nitrogen and oxygen atoms in total. The standard InChI is InChI=1S/C16H21N5O2/c1-22-15-14(3-2-4-18-15)12-17-9-13-10-19-16(20-11-13)21-5-7-23-8-6-21/h2-4,10-11,17H,5-9,12H2,1H3. The fourth-order valence-electron chi connectivity index (χ4n) is 2.45. The third-order valence-electron chi connectivity index (χ3n) is 3.67. The van der Waals surface area contributed by atoms with E-state index >= 15 is 0 Å². The quantitative estimate of drug-likeness (QED) is 0.853. The number of aromatic nitrogens is 3. The van der Waals surface area contributed by atoms with Crippen molar-refractivity contribution in [3.8, 4) is 5.88 Å². The number of methoxy groups -OCH3 is 1. The molecule has 3 rings (SSSR count). The van der Waals surface area contributed by atoms with Gasteiger partial charge in [0, 0.05) is 55.9 Å². The van der Waals surface area contributed by atoms with Crippen LogP contribution in [0.4, 0.5) is 5.95 Å². The van der Waals surface area contributed by atoms with Crippen LogP contribution in [0.5, 0.6) is 5.88 Å². The molecule has 0 radical (unpaired) electrons. The zero-order valence-electron chi connectivity index (χ0n) is 13.2. The number of morpholine rings is 1. The molecule has 7 heteroatoms. The molecule has 0 aromatic carbocycles. The van der Waals surface area contributed by atoms with Gasteiger partial charge in [-0.3, -0.25) is 0 Å². The second-order valence-corrected chi connectivity index (χ2v) is 5.27. The fraction of sp³-hybridized carbons (Fsp3) is 0.438. The van der Waals surface area contributed by atoms with Crippen LogP contribution in [-0.4, -0.2) is 48.4 Å². The number of hydrogen-bond acceptors (Lipinski definition) is 7. The number of ether oxygens (including phenoxy) is 2. The van der Waals surface area contributed by atoms with Crippen molar-refractivity contribution in [1.82, 2.24) is 20.3 Å². The second kappa shape index (κ2) is 7.85. The predicted molar refractivity (Wildman–Crippen MR) is 86.4 cm³/mol. The van der Waals surface area contributed by atoms with Gasteiger partial charge >= 0.3 is 0 Å². The maximum atomic E-state index is 5.34. The van der Waals surface area contributed by atoms with Crippen LogP contribution in [0.15, 0.2) is 30.7 Å². The number of nitrogens with one attached hydrogen (secondary N) is 1. The molecule has 23 heavy (non-hydrogen) atoms. The van der Waals surface area contributed by atoms with E-state index in [0.717, 1.165) is 43.4 Å². The summed E-state index contributed by atoms with van der Waals surface area (Å²) in [6.07, 6.45) is 5.46. The lowest BCUT2D eigenvalue weighted by Gasteiger charge is -2.26. The van der Waals surface area contributed by atoms with Crippen LogP contribution in [0.2, 0.25) is 0 Å². The van der Waals surface area contributed by atoms with Crippen LogP contribution in [0.3, 0.4) is 0 Å². The van der Waals surface area contributed by atoms with Crippen LogP contribution in [-0.2, 0) is 17.8 Å². The number of nitrogens with zero attached hydrogens (tertiary/aromatic N) is 4. The van der Waals surface area contributed by atoms with Crippen molar-refractivity contribution in [3.63, 3.8) is 0 Å². The Bertz CT molecular complexity index is 614. The third-order valence-corrected chi connectivity index (χ3v) is 3.67. The molecule has 0 spiro atoms. The van der Waals surface area contributed by atoms with Gasteiger partial charge in [-0.1, -0.05) is 6.07 Å². The van der Waals surface area contributed by atoms with Gasteiger partial charge in [0.2, 0.25) is 11.8 Å². The van der Waals surface area contributed by atoms with Crippen LogP contribution >= 0.6 is 0 Å². The molecule has 1 saturated heterocycles. The molecule has 0 saturated carbocycles. The molecule has 1 aliphatic heterocycles. The highest BCUT2D eigenvalue weighted by Gasteiger charge is 2.13. The molecule has 0 atom stereocenters. The highest BCUT2D eigenvalue weighted by atomic mass is 16.5. The normalized spacial score (nSPS) is 14.7. The van der Waals surface area contributed by atoms with E-state index in [0.29, 0.717) is 19.0 Å².